The summed E-state index contributed by atoms with van der Waals surface area (Å²) in [7, 11) is 0. The van der Waals surface area contributed by atoms with E-state index in [1.165, 1.54) is 24.3 Å². The molecule has 2 aromatic carbocycles. The van der Waals surface area contributed by atoms with Gasteiger partial charge in [0.05, 0.1) is 16.8 Å². The summed E-state index contributed by atoms with van der Waals surface area (Å²) in [4.78, 5) is 25.6. The first-order valence-corrected chi connectivity index (χ1v) is 5.66. The SMILES string of the molecule is Nc1cccc2c1C(=O)N(c1ccc(O)cc1)C2=O. The van der Waals surface area contributed by atoms with Gasteiger partial charge in [0, 0.05) is 5.69 Å². The summed E-state index contributed by atoms with van der Waals surface area (Å²) in [5.41, 5.74) is 6.98. The molecule has 1 aliphatic heterocycles. The van der Waals surface area contributed by atoms with E-state index in [1.807, 2.05) is 0 Å². The van der Waals surface area contributed by atoms with Gasteiger partial charge < -0.3 is 10.8 Å². The molecule has 0 fully saturated rings. The Labute approximate surface area is 108 Å². The monoisotopic (exact) mass is 254 g/mol. The molecule has 1 heterocycles. The lowest BCUT2D eigenvalue weighted by Crippen LogP contribution is -2.29. The van der Waals surface area contributed by atoms with Gasteiger partial charge in [0.2, 0.25) is 0 Å². The van der Waals surface area contributed by atoms with Crippen LogP contribution >= 0.6 is 0 Å². The maximum Gasteiger partial charge on any atom is 0.268 e. The summed E-state index contributed by atoms with van der Waals surface area (Å²) in [5, 5.41) is 9.24. The van der Waals surface area contributed by atoms with Crippen molar-refractivity contribution in [1.82, 2.24) is 0 Å². The number of benzene rings is 2. The van der Waals surface area contributed by atoms with Crippen LogP contribution in [-0.4, -0.2) is 16.9 Å². The van der Waals surface area contributed by atoms with Crippen LogP contribution in [0.15, 0.2) is 42.5 Å². The molecule has 2 amide bonds. The Morgan fingerprint density at radius 3 is 2.26 bits per heavy atom. The lowest BCUT2D eigenvalue weighted by atomic mass is 10.1. The second-order valence-electron chi connectivity index (χ2n) is 4.23. The molecule has 0 bridgehead atoms. The molecule has 19 heavy (non-hydrogen) atoms. The molecular formula is C14H10N2O3. The first-order chi connectivity index (χ1) is 9.09. The fourth-order valence-electron chi connectivity index (χ4n) is 2.15. The second-order valence-corrected chi connectivity index (χ2v) is 4.23. The first-order valence-electron chi connectivity index (χ1n) is 5.66. The van der Waals surface area contributed by atoms with Gasteiger partial charge in [-0.15, -0.1) is 0 Å². The lowest BCUT2D eigenvalue weighted by molar-refractivity contribution is 0.0926. The lowest BCUT2D eigenvalue weighted by Gasteiger charge is -2.13. The summed E-state index contributed by atoms with van der Waals surface area (Å²) in [6.07, 6.45) is 0. The molecule has 0 saturated heterocycles. The van der Waals surface area contributed by atoms with Gasteiger partial charge in [-0.25, -0.2) is 4.90 Å². The number of nitrogen functional groups attached to an aromatic ring is 1. The molecule has 0 radical (unpaired) electrons. The minimum atomic E-state index is -0.441. The van der Waals surface area contributed by atoms with E-state index in [0.29, 0.717) is 11.3 Å². The number of carbonyl (C=O) groups excluding carboxylic acids is 2. The zero-order chi connectivity index (χ0) is 13.6. The van der Waals surface area contributed by atoms with Crippen molar-refractivity contribution in [3.8, 4) is 5.75 Å². The van der Waals surface area contributed by atoms with Crippen LogP contribution in [0.5, 0.6) is 5.75 Å². The molecule has 0 aliphatic carbocycles. The third kappa shape index (κ3) is 1.55. The highest BCUT2D eigenvalue weighted by Crippen LogP contribution is 2.32. The van der Waals surface area contributed by atoms with Crippen molar-refractivity contribution in [2.75, 3.05) is 10.6 Å². The van der Waals surface area contributed by atoms with E-state index < -0.39 is 11.8 Å². The van der Waals surface area contributed by atoms with Crippen LogP contribution < -0.4 is 10.6 Å². The van der Waals surface area contributed by atoms with Crippen LogP contribution in [0, 0.1) is 0 Å². The van der Waals surface area contributed by atoms with Crippen molar-refractivity contribution in [1.29, 1.82) is 0 Å². The van der Waals surface area contributed by atoms with Crippen LogP contribution in [0.4, 0.5) is 11.4 Å². The number of hydrogen-bond acceptors (Lipinski definition) is 4. The second kappa shape index (κ2) is 3.84. The van der Waals surface area contributed by atoms with E-state index in [2.05, 4.69) is 0 Å². The number of nitrogens with zero attached hydrogens (tertiary/aromatic N) is 1. The van der Waals surface area contributed by atoms with E-state index >= 15 is 0 Å². The van der Waals surface area contributed by atoms with Gasteiger partial charge in [-0.3, -0.25) is 9.59 Å². The average Bonchev–Trinajstić information content (AvgIpc) is 2.65. The normalized spacial score (nSPS) is 13.8. The molecule has 0 unspecified atom stereocenters. The molecule has 0 spiro atoms. The summed E-state index contributed by atoms with van der Waals surface area (Å²) in [6.45, 7) is 0. The summed E-state index contributed by atoms with van der Waals surface area (Å²) < 4.78 is 0. The summed E-state index contributed by atoms with van der Waals surface area (Å²) >= 11 is 0. The molecule has 3 N–H and O–H groups in total. The number of phenols is 1. The zero-order valence-electron chi connectivity index (χ0n) is 9.83. The van der Waals surface area contributed by atoms with Gasteiger partial charge >= 0.3 is 0 Å². The van der Waals surface area contributed by atoms with Crippen LogP contribution in [-0.2, 0) is 0 Å². The minimum Gasteiger partial charge on any atom is -0.508 e. The topological polar surface area (TPSA) is 83.6 Å². The van der Waals surface area contributed by atoms with Gasteiger partial charge in [-0.2, -0.15) is 0 Å². The number of amides is 2. The first kappa shape index (κ1) is 11.3. The van der Waals surface area contributed by atoms with Crippen molar-refractivity contribution in [2.45, 2.75) is 0 Å². The molecule has 5 nitrogen and oxygen atoms in total. The Kier molecular flexibility index (Phi) is 2.28. The third-order valence-corrected chi connectivity index (χ3v) is 3.06. The minimum absolute atomic E-state index is 0.0693. The molecule has 0 saturated carbocycles. The molecule has 5 heteroatoms. The number of fused-ring (bicyclic) bond motifs is 1. The highest BCUT2D eigenvalue weighted by Gasteiger charge is 2.37. The predicted molar refractivity (Wildman–Crippen MR) is 70.1 cm³/mol. The van der Waals surface area contributed by atoms with E-state index in [9.17, 15) is 14.7 Å². The smallest absolute Gasteiger partial charge is 0.268 e. The maximum atomic E-state index is 12.3. The quantitative estimate of drug-likeness (QED) is 0.600. The number of anilines is 2. The molecule has 0 aromatic heterocycles. The van der Waals surface area contributed by atoms with Crippen LogP contribution in [0.2, 0.25) is 0 Å². The van der Waals surface area contributed by atoms with E-state index in [0.717, 1.165) is 4.90 Å². The number of rotatable bonds is 1. The Balaban J connectivity index is 2.13. The largest absolute Gasteiger partial charge is 0.508 e. The maximum absolute atomic E-state index is 12.3. The van der Waals surface area contributed by atoms with Gasteiger partial charge in [0.1, 0.15) is 5.75 Å². The predicted octanol–water partition coefficient (Wildman–Crippen LogP) is 1.77. The molecule has 1 aliphatic rings. The van der Waals surface area contributed by atoms with Gasteiger partial charge in [-0.1, -0.05) is 6.07 Å². The number of phenolic OH excluding ortho intramolecular Hbond substituents is 1. The molecular weight excluding hydrogens is 244 g/mol. The number of hydrogen-bond donors (Lipinski definition) is 2. The van der Waals surface area contributed by atoms with Gasteiger partial charge in [0.15, 0.2) is 0 Å². The van der Waals surface area contributed by atoms with Crippen LogP contribution in [0.1, 0.15) is 20.7 Å². The Bertz CT molecular complexity index is 692. The average molecular weight is 254 g/mol. The Morgan fingerprint density at radius 1 is 0.947 bits per heavy atom. The van der Waals surface area contributed by atoms with E-state index in [-0.39, 0.29) is 17.0 Å². The number of imide groups is 1. The number of aromatic hydroxyl groups is 1. The van der Waals surface area contributed by atoms with E-state index in [4.69, 9.17) is 5.73 Å². The van der Waals surface area contributed by atoms with Crippen molar-refractivity contribution in [3.63, 3.8) is 0 Å². The molecule has 94 valence electrons. The summed E-state index contributed by atoms with van der Waals surface area (Å²) in [5.74, 6) is -0.776. The highest BCUT2D eigenvalue weighted by atomic mass is 16.3. The molecule has 0 atom stereocenters. The Hall–Kier alpha value is -2.82. The highest BCUT2D eigenvalue weighted by molar-refractivity contribution is 6.35. The Morgan fingerprint density at radius 2 is 1.63 bits per heavy atom. The van der Waals surface area contributed by atoms with Gasteiger partial charge in [0.25, 0.3) is 11.8 Å². The van der Waals surface area contributed by atoms with E-state index in [1.54, 1.807) is 18.2 Å². The van der Waals surface area contributed by atoms with Crippen LogP contribution in [0.25, 0.3) is 0 Å². The van der Waals surface area contributed by atoms with Gasteiger partial charge in [-0.05, 0) is 36.4 Å². The van der Waals surface area contributed by atoms with Crippen molar-refractivity contribution in [3.05, 3.63) is 53.6 Å². The molecule has 2 aromatic rings. The van der Waals surface area contributed by atoms with Crippen molar-refractivity contribution >= 4 is 23.2 Å². The summed E-state index contributed by atoms with van der Waals surface area (Å²) in [6, 6.07) is 10.7. The van der Waals surface area contributed by atoms with Crippen molar-refractivity contribution < 1.29 is 14.7 Å². The third-order valence-electron chi connectivity index (χ3n) is 3.06. The zero-order valence-corrected chi connectivity index (χ0v) is 9.83. The standard InChI is InChI=1S/C14H10N2O3/c15-11-3-1-2-10-12(11)14(19)16(13(10)18)8-4-6-9(17)7-5-8/h1-7,17H,15H2. The number of nitrogens with two attached hydrogens (primary N) is 1. The fraction of sp³-hybridized carbons (Fsp3) is 0. The van der Waals surface area contributed by atoms with Crippen molar-refractivity contribution in [2.24, 2.45) is 0 Å². The number of carbonyl (C=O) groups is 2. The fourth-order valence-corrected chi connectivity index (χ4v) is 2.15. The van der Waals surface area contributed by atoms with Crippen LogP contribution in [0.3, 0.4) is 0 Å². The molecule has 3 rings (SSSR count).